The van der Waals surface area contributed by atoms with E-state index in [2.05, 4.69) is 40.3 Å². The molecule has 0 bridgehead atoms. The lowest BCUT2D eigenvalue weighted by Crippen LogP contribution is -2.30. The minimum absolute atomic E-state index is 0.256. The van der Waals surface area contributed by atoms with E-state index in [4.69, 9.17) is 5.73 Å². The molecule has 0 aliphatic rings. The van der Waals surface area contributed by atoms with Crippen LogP contribution in [0.25, 0.3) is 0 Å². The highest BCUT2D eigenvalue weighted by Gasteiger charge is 2.26. The van der Waals surface area contributed by atoms with Crippen LogP contribution in [0.3, 0.4) is 0 Å². The summed E-state index contributed by atoms with van der Waals surface area (Å²) in [6, 6.07) is 0. The summed E-state index contributed by atoms with van der Waals surface area (Å²) >= 11 is 4.31. The summed E-state index contributed by atoms with van der Waals surface area (Å²) in [6.45, 7) is 9.63. The molecule has 0 aromatic rings. The summed E-state index contributed by atoms with van der Waals surface area (Å²) in [4.78, 5) is 0. The molecule has 0 saturated heterocycles. The Morgan fingerprint density at radius 1 is 1.09 bits per heavy atom. The maximum absolute atomic E-state index is 5.64. The van der Waals surface area contributed by atoms with Crippen LogP contribution in [0, 0.1) is 10.8 Å². The van der Waals surface area contributed by atoms with Crippen molar-refractivity contribution in [3.8, 4) is 0 Å². The third kappa shape index (κ3) is 4.70. The van der Waals surface area contributed by atoms with Crippen LogP contribution in [0.2, 0.25) is 0 Å². The average molecular weight is 175 g/mol. The molecule has 0 rings (SSSR count). The van der Waals surface area contributed by atoms with Gasteiger partial charge in [0.05, 0.1) is 0 Å². The van der Waals surface area contributed by atoms with Crippen molar-refractivity contribution in [1.82, 2.24) is 0 Å². The molecule has 0 spiro atoms. The second kappa shape index (κ2) is 3.81. The van der Waals surface area contributed by atoms with Gasteiger partial charge in [0, 0.05) is 0 Å². The van der Waals surface area contributed by atoms with Gasteiger partial charge < -0.3 is 5.73 Å². The molecule has 0 atom stereocenters. The van der Waals surface area contributed by atoms with Crippen molar-refractivity contribution in [2.45, 2.75) is 34.1 Å². The maximum Gasteiger partial charge on any atom is -0.00256 e. The van der Waals surface area contributed by atoms with Crippen molar-refractivity contribution in [2.75, 3.05) is 12.3 Å². The van der Waals surface area contributed by atoms with E-state index in [-0.39, 0.29) is 5.41 Å². The number of hydrogen-bond donors (Lipinski definition) is 2. The molecular formula is C9H21NS. The van der Waals surface area contributed by atoms with Crippen molar-refractivity contribution in [1.29, 1.82) is 0 Å². The topological polar surface area (TPSA) is 26.0 Å². The molecule has 0 aromatic heterocycles. The van der Waals surface area contributed by atoms with Gasteiger partial charge in [0.1, 0.15) is 0 Å². The minimum Gasteiger partial charge on any atom is -0.330 e. The first-order valence-corrected chi connectivity index (χ1v) is 4.77. The molecule has 0 amide bonds. The third-order valence-electron chi connectivity index (χ3n) is 1.94. The number of hydrogen-bond acceptors (Lipinski definition) is 2. The summed E-state index contributed by atoms with van der Waals surface area (Å²) in [6.07, 6.45) is 1.14. The predicted octanol–water partition coefficient (Wildman–Crippen LogP) is 2.32. The van der Waals surface area contributed by atoms with Crippen LogP contribution in [0.15, 0.2) is 0 Å². The molecule has 0 radical (unpaired) electrons. The van der Waals surface area contributed by atoms with Crippen LogP contribution >= 0.6 is 12.6 Å². The van der Waals surface area contributed by atoms with Crippen molar-refractivity contribution in [2.24, 2.45) is 16.6 Å². The SMILES string of the molecule is CC(C)(CN)CC(C)(C)CS. The van der Waals surface area contributed by atoms with Crippen molar-refractivity contribution in [3.05, 3.63) is 0 Å². The molecule has 0 heterocycles. The van der Waals surface area contributed by atoms with E-state index in [0.717, 1.165) is 18.7 Å². The Balaban J connectivity index is 4.02. The first-order chi connectivity index (χ1) is 4.83. The van der Waals surface area contributed by atoms with E-state index in [9.17, 15) is 0 Å². The molecule has 0 saturated carbocycles. The largest absolute Gasteiger partial charge is 0.330 e. The van der Waals surface area contributed by atoms with Crippen LogP contribution in [-0.4, -0.2) is 12.3 Å². The first kappa shape index (κ1) is 11.3. The number of nitrogens with two attached hydrogens (primary N) is 1. The summed E-state index contributed by atoms with van der Waals surface area (Å²) in [5.41, 5.74) is 6.21. The Hall–Kier alpha value is 0.310. The van der Waals surface area contributed by atoms with Gasteiger partial charge in [-0.1, -0.05) is 27.7 Å². The van der Waals surface area contributed by atoms with Gasteiger partial charge in [-0.05, 0) is 29.5 Å². The zero-order valence-corrected chi connectivity index (χ0v) is 9.04. The predicted molar refractivity (Wildman–Crippen MR) is 55.1 cm³/mol. The standard InChI is InChI=1S/C9H21NS/c1-8(2,6-10)5-9(3,4)7-11/h11H,5-7,10H2,1-4H3. The van der Waals surface area contributed by atoms with E-state index in [0.29, 0.717) is 5.41 Å². The summed E-state index contributed by atoms with van der Waals surface area (Å²) in [5.74, 6) is 0.927. The fourth-order valence-corrected chi connectivity index (χ4v) is 1.54. The number of rotatable bonds is 4. The Labute approximate surface area is 76.2 Å². The zero-order chi connectivity index (χ0) is 9.12. The highest BCUT2D eigenvalue weighted by molar-refractivity contribution is 7.80. The van der Waals surface area contributed by atoms with Gasteiger partial charge in [-0.2, -0.15) is 12.6 Å². The summed E-state index contributed by atoms with van der Waals surface area (Å²) < 4.78 is 0. The van der Waals surface area contributed by atoms with Gasteiger partial charge in [-0.3, -0.25) is 0 Å². The molecule has 2 heteroatoms. The molecule has 0 aliphatic carbocycles. The Morgan fingerprint density at radius 2 is 1.55 bits per heavy atom. The van der Waals surface area contributed by atoms with Crippen LogP contribution in [0.1, 0.15) is 34.1 Å². The summed E-state index contributed by atoms with van der Waals surface area (Å²) in [5, 5.41) is 0. The fraction of sp³-hybridized carbons (Fsp3) is 1.00. The zero-order valence-electron chi connectivity index (χ0n) is 8.15. The van der Waals surface area contributed by atoms with Crippen LogP contribution in [-0.2, 0) is 0 Å². The Bertz CT molecular complexity index is 105. The second-order valence-electron chi connectivity index (χ2n) is 4.87. The molecule has 68 valence electrons. The monoisotopic (exact) mass is 175 g/mol. The Morgan fingerprint density at radius 3 is 1.82 bits per heavy atom. The highest BCUT2D eigenvalue weighted by atomic mass is 32.1. The molecule has 11 heavy (non-hydrogen) atoms. The molecule has 0 aliphatic heterocycles. The molecule has 1 nitrogen and oxygen atoms in total. The molecule has 0 aromatic carbocycles. The van der Waals surface area contributed by atoms with E-state index in [1.807, 2.05) is 0 Å². The first-order valence-electron chi connectivity index (χ1n) is 4.14. The molecule has 0 fully saturated rings. The van der Waals surface area contributed by atoms with Gasteiger partial charge in [-0.25, -0.2) is 0 Å². The van der Waals surface area contributed by atoms with E-state index in [1.165, 1.54) is 0 Å². The van der Waals surface area contributed by atoms with Gasteiger partial charge in [-0.15, -0.1) is 0 Å². The lowest BCUT2D eigenvalue weighted by Gasteiger charge is -2.32. The summed E-state index contributed by atoms with van der Waals surface area (Å²) in [7, 11) is 0. The van der Waals surface area contributed by atoms with Gasteiger partial charge >= 0.3 is 0 Å². The van der Waals surface area contributed by atoms with E-state index < -0.39 is 0 Å². The van der Waals surface area contributed by atoms with Crippen molar-refractivity contribution in [3.63, 3.8) is 0 Å². The molecule has 2 N–H and O–H groups in total. The lowest BCUT2D eigenvalue weighted by atomic mass is 9.76. The normalized spacial score (nSPS) is 13.6. The van der Waals surface area contributed by atoms with Crippen molar-refractivity contribution >= 4 is 12.6 Å². The van der Waals surface area contributed by atoms with Crippen LogP contribution < -0.4 is 5.73 Å². The average Bonchev–Trinajstić information content (AvgIpc) is 1.86. The minimum atomic E-state index is 0.256. The second-order valence-corrected chi connectivity index (χ2v) is 5.18. The van der Waals surface area contributed by atoms with Gasteiger partial charge in [0.2, 0.25) is 0 Å². The van der Waals surface area contributed by atoms with Gasteiger partial charge in [0.15, 0.2) is 0 Å². The van der Waals surface area contributed by atoms with E-state index >= 15 is 0 Å². The molecule has 0 unspecified atom stereocenters. The van der Waals surface area contributed by atoms with E-state index in [1.54, 1.807) is 0 Å². The lowest BCUT2D eigenvalue weighted by molar-refractivity contribution is 0.225. The number of thiol groups is 1. The third-order valence-corrected chi connectivity index (χ3v) is 2.79. The maximum atomic E-state index is 5.64. The Kier molecular flexibility index (Phi) is 3.92. The fourth-order valence-electron chi connectivity index (χ4n) is 1.42. The van der Waals surface area contributed by atoms with Crippen LogP contribution in [0.5, 0.6) is 0 Å². The van der Waals surface area contributed by atoms with Crippen LogP contribution in [0.4, 0.5) is 0 Å². The smallest absolute Gasteiger partial charge is 0.00256 e. The quantitative estimate of drug-likeness (QED) is 0.630. The van der Waals surface area contributed by atoms with Gasteiger partial charge in [0.25, 0.3) is 0 Å². The molecular weight excluding hydrogens is 154 g/mol. The van der Waals surface area contributed by atoms with Crippen molar-refractivity contribution < 1.29 is 0 Å². The highest BCUT2D eigenvalue weighted by Crippen LogP contribution is 2.33.